The van der Waals surface area contributed by atoms with Gasteiger partial charge in [-0.2, -0.15) is 0 Å². The minimum absolute atomic E-state index is 0.674. The van der Waals surface area contributed by atoms with E-state index < -0.39 is 0 Å². The molecule has 0 amide bonds. The van der Waals surface area contributed by atoms with E-state index in [0.717, 1.165) is 17.8 Å². The fraction of sp³-hybridized carbons (Fsp3) is 1.00. The third kappa shape index (κ3) is 5.01. The smallest absolute Gasteiger partial charge is 0.00617 e. The molecule has 1 aliphatic carbocycles. The lowest BCUT2D eigenvalue weighted by molar-refractivity contribution is 0.270. The van der Waals surface area contributed by atoms with Crippen LogP contribution in [0.5, 0.6) is 0 Å². The van der Waals surface area contributed by atoms with Gasteiger partial charge in [0, 0.05) is 6.04 Å². The average molecular weight is 211 g/mol. The molecule has 0 aliphatic heterocycles. The molecule has 0 saturated heterocycles. The van der Waals surface area contributed by atoms with Crippen LogP contribution in [0.1, 0.15) is 59.8 Å². The predicted molar refractivity (Wildman–Crippen MR) is 68.0 cm³/mol. The molecule has 15 heavy (non-hydrogen) atoms. The molecule has 90 valence electrons. The summed E-state index contributed by atoms with van der Waals surface area (Å²) in [6.07, 6.45) is 7.26. The molecular formula is C14H29N. The van der Waals surface area contributed by atoms with E-state index in [1.165, 1.54) is 38.6 Å². The summed E-state index contributed by atoms with van der Waals surface area (Å²) < 4.78 is 0. The van der Waals surface area contributed by atoms with E-state index in [1.807, 2.05) is 0 Å². The molecule has 1 N–H and O–H groups in total. The zero-order valence-corrected chi connectivity index (χ0v) is 11.1. The Labute approximate surface area is 96.0 Å². The molecule has 1 atom stereocenters. The van der Waals surface area contributed by atoms with Crippen molar-refractivity contribution in [3.05, 3.63) is 0 Å². The molecule has 1 saturated carbocycles. The van der Waals surface area contributed by atoms with Gasteiger partial charge < -0.3 is 5.32 Å². The molecule has 1 aliphatic rings. The minimum atomic E-state index is 0.674. The second kappa shape index (κ2) is 6.52. The fourth-order valence-electron chi connectivity index (χ4n) is 2.37. The van der Waals surface area contributed by atoms with Crippen LogP contribution in [-0.4, -0.2) is 12.6 Å². The van der Waals surface area contributed by atoms with E-state index in [9.17, 15) is 0 Å². The topological polar surface area (TPSA) is 12.0 Å². The lowest BCUT2D eigenvalue weighted by Gasteiger charge is -2.27. The summed E-state index contributed by atoms with van der Waals surface area (Å²) in [7, 11) is 0. The Balaban J connectivity index is 2.05. The molecule has 0 radical (unpaired) electrons. The van der Waals surface area contributed by atoms with Crippen molar-refractivity contribution in [3.8, 4) is 0 Å². The summed E-state index contributed by atoms with van der Waals surface area (Å²) in [6, 6.07) is 0.674. The normalized spacial score (nSPS) is 29.4. The van der Waals surface area contributed by atoms with E-state index in [4.69, 9.17) is 0 Å². The Bertz CT molecular complexity index is 157. The number of rotatable bonds is 5. The second-order valence-electron chi connectivity index (χ2n) is 5.90. The average Bonchev–Trinajstić information content (AvgIpc) is 2.20. The van der Waals surface area contributed by atoms with Crippen LogP contribution in [0.4, 0.5) is 0 Å². The quantitative estimate of drug-likeness (QED) is 0.728. The van der Waals surface area contributed by atoms with Gasteiger partial charge in [0.1, 0.15) is 0 Å². The number of hydrogen-bond donors (Lipinski definition) is 1. The van der Waals surface area contributed by atoms with Gasteiger partial charge in [0.25, 0.3) is 0 Å². The third-order valence-electron chi connectivity index (χ3n) is 4.15. The van der Waals surface area contributed by atoms with E-state index in [-0.39, 0.29) is 0 Å². The first kappa shape index (κ1) is 13.0. The first-order valence-electron chi connectivity index (χ1n) is 6.83. The van der Waals surface area contributed by atoms with E-state index in [0.29, 0.717) is 6.04 Å². The highest BCUT2D eigenvalue weighted by molar-refractivity contribution is 4.72. The molecule has 1 fully saturated rings. The van der Waals surface area contributed by atoms with E-state index >= 15 is 0 Å². The Kier molecular flexibility index (Phi) is 5.66. The maximum absolute atomic E-state index is 3.64. The van der Waals surface area contributed by atoms with Gasteiger partial charge >= 0.3 is 0 Å². The monoisotopic (exact) mass is 211 g/mol. The maximum atomic E-state index is 3.64. The summed E-state index contributed by atoms with van der Waals surface area (Å²) in [4.78, 5) is 0. The molecule has 0 bridgehead atoms. The standard InChI is InChI=1S/C14H29N/c1-11(2)13(4)15-10-9-14-7-5-12(3)6-8-14/h11-15H,5-10H2,1-4H3. The van der Waals surface area contributed by atoms with Gasteiger partial charge in [-0.05, 0) is 37.6 Å². The van der Waals surface area contributed by atoms with Crippen LogP contribution in [0.15, 0.2) is 0 Å². The SMILES string of the molecule is CC1CCC(CCNC(C)C(C)C)CC1. The van der Waals surface area contributed by atoms with Crippen LogP contribution in [0.2, 0.25) is 0 Å². The fourth-order valence-corrected chi connectivity index (χ4v) is 2.37. The van der Waals surface area contributed by atoms with Gasteiger partial charge in [0.2, 0.25) is 0 Å². The van der Waals surface area contributed by atoms with Gasteiger partial charge in [0.15, 0.2) is 0 Å². The predicted octanol–water partition coefficient (Wildman–Crippen LogP) is 3.84. The highest BCUT2D eigenvalue weighted by Crippen LogP contribution is 2.29. The minimum Gasteiger partial charge on any atom is -0.314 e. The van der Waals surface area contributed by atoms with Crippen LogP contribution in [0.25, 0.3) is 0 Å². The van der Waals surface area contributed by atoms with E-state index in [1.54, 1.807) is 0 Å². The molecule has 0 aromatic carbocycles. The number of nitrogens with one attached hydrogen (secondary N) is 1. The molecule has 0 spiro atoms. The first-order valence-corrected chi connectivity index (χ1v) is 6.83. The summed E-state index contributed by atoms with van der Waals surface area (Å²) in [5, 5.41) is 3.64. The van der Waals surface area contributed by atoms with Crippen molar-refractivity contribution in [2.45, 2.75) is 65.8 Å². The van der Waals surface area contributed by atoms with Crippen molar-refractivity contribution >= 4 is 0 Å². The molecule has 0 aromatic rings. The van der Waals surface area contributed by atoms with Crippen LogP contribution in [-0.2, 0) is 0 Å². The van der Waals surface area contributed by atoms with Crippen molar-refractivity contribution in [1.29, 1.82) is 0 Å². The van der Waals surface area contributed by atoms with Crippen LogP contribution in [0.3, 0.4) is 0 Å². The van der Waals surface area contributed by atoms with Crippen molar-refractivity contribution in [2.24, 2.45) is 17.8 Å². The summed E-state index contributed by atoms with van der Waals surface area (Å²) in [5.41, 5.74) is 0. The Hall–Kier alpha value is -0.0400. The molecule has 1 rings (SSSR count). The van der Waals surface area contributed by atoms with Crippen molar-refractivity contribution < 1.29 is 0 Å². The third-order valence-corrected chi connectivity index (χ3v) is 4.15. The second-order valence-corrected chi connectivity index (χ2v) is 5.90. The van der Waals surface area contributed by atoms with Gasteiger partial charge in [-0.15, -0.1) is 0 Å². The lowest BCUT2D eigenvalue weighted by Crippen LogP contribution is -2.32. The van der Waals surface area contributed by atoms with Gasteiger partial charge in [-0.1, -0.05) is 46.5 Å². The largest absolute Gasteiger partial charge is 0.314 e. The summed E-state index contributed by atoms with van der Waals surface area (Å²) in [6.45, 7) is 10.5. The first-order chi connectivity index (χ1) is 7.09. The molecule has 0 heterocycles. The summed E-state index contributed by atoms with van der Waals surface area (Å²) in [5.74, 6) is 2.76. The van der Waals surface area contributed by atoms with E-state index in [2.05, 4.69) is 33.0 Å². The van der Waals surface area contributed by atoms with Crippen LogP contribution < -0.4 is 5.32 Å². The molecule has 1 nitrogen and oxygen atoms in total. The molecule has 0 aromatic heterocycles. The zero-order valence-electron chi connectivity index (χ0n) is 11.1. The maximum Gasteiger partial charge on any atom is 0.00617 e. The lowest BCUT2D eigenvalue weighted by atomic mass is 9.81. The van der Waals surface area contributed by atoms with Gasteiger partial charge in [-0.25, -0.2) is 0 Å². The summed E-state index contributed by atoms with van der Waals surface area (Å²) >= 11 is 0. The molecule has 1 heteroatoms. The van der Waals surface area contributed by atoms with Crippen molar-refractivity contribution in [2.75, 3.05) is 6.54 Å². The van der Waals surface area contributed by atoms with Crippen LogP contribution in [0, 0.1) is 17.8 Å². The Morgan fingerprint density at radius 3 is 2.20 bits per heavy atom. The van der Waals surface area contributed by atoms with Crippen molar-refractivity contribution in [3.63, 3.8) is 0 Å². The van der Waals surface area contributed by atoms with Crippen molar-refractivity contribution in [1.82, 2.24) is 5.32 Å². The Morgan fingerprint density at radius 2 is 1.67 bits per heavy atom. The number of hydrogen-bond acceptors (Lipinski definition) is 1. The molecule has 1 unspecified atom stereocenters. The zero-order chi connectivity index (χ0) is 11.3. The highest BCUT2D eigenvalue weighted by Gasteiger charge is 2.17. The Morgan fingerprint density at radius 1 is 1.07 bits per heavy atom. The van der Waals surface area contributed by atoms with Crippen LogP contribution >= 0.6 is 0 Å². The van der Waals surface area contributed by atoms with Gasteiger partial charge in [-0.3, -0.25) is 0 Å². The molecular weight excluding hydrogens is 182 g/mol. The van der Waals surface area contributed by atoms with Gasteiger partial charge in [0.05, 0.1) is 0 Å². The highest BCUT2D eigenvalue weighted by atomic mass is 14.9.